The van der Waals surface area contributed by atoms with Crippen molar-refractivity contribution >= 4 is 11.8 Å². The summed E-state index contributed by atoms with van der Waals surface area (Å²) in [5, 5.41) is 2.92. The average molecular weight is 250 g/mol. The molecule has 4 nitrogen and oxygen atoms in total. The predicted octanol–water partition coefficient (Wildman–Crippen LogP) is 1.47. The molecular weight excluding hydrogens is 228 g/mol. The number of rotatable bonds is 5. The monoisotopic (exact) mass is 250 g/mol. The van der Waals surface area contributed by atoms with Gasteiger partial charge >= 0.3 is 0 Å². The van der Waals surface area contributed by atoms with Crippen molar-refractivity contribution in [3.8, 4) is 0 Å². The minimum absolute atomic E-state index is 0.0194. The molecule has 0 spiro atoms. The summed E-state index contributed by atoms with van der Waals surface area (Å²) >= 11 is 0. The van der Waals surface area contributed by atoms with E-state index in [-0.39, 0.29) is 23.8 Å². The molecule has 2 amide bonds. The molecule has 2 fully saturated rings. The molecule has 4 heteroatoms. The van der Waals surface area contributed by atoms with E-state index >= 15 is 0 Å². The Balaban J connectivity index is 1.82. The standard InChI is InChI=1S/C14H22N2O2/c1-2-3-4-9-15-13(17)12-6-5-10-16(12)14(18)11-7-8-11/h2-3,11-12H,4-10H2,1H3,(H,15,17)/b3-2+. The Labute approximate surface area is 108 Å². The van der Waals surface area contributed by atoms with E-state index in [4.69, 9.17) is 0 Å². The van der Waals surface area contributed by atoms with Crippen LogP contribution in [0.3, 0.4) is 0 Å². The SMILES string of the molecule is C/C=C/CCNC(=O)C1CCCN1C(=O)C1CC1. The number of amides is 2. The lowest BCUT2D eigenvalue weighted by atomic mass is 10.2. The van der Waals surface area contributed by atoms with Crippen LogP contribution in [-0.2, 0) is 9.59 Å². The van der Waals surface area contributed by atoms with Crippen LogP contribution >= 0.6 is 0 Å². The van der Waals surface area contributed by atoms with Crippen molar-refractivity contribution < 1.29 is 9.59 Å². The largest absolute Gasteiger partial charge is 0.354 e. The van der Waals surface area contributed by atoms with Gasteiger partial charge in [-0.3, -0.25) is 9.59 Å². The Bertz CT molecular complexity index is 348. The molecule has 0 aromatic heterocycles. The quantitative estimate of drug-likeness (QED) is 0.593. The first-order chi connectivity index (χ1) is 8.74. The first kappa shape index (κ1) is 13.1. The zero-order valence-electron chi connectivity index (χ0n) is 11.0. The van der Waals surface area contributed by atoms with E-state index in [1.54, 1.807) is 4.90 Å². The summed E-state index contributed by atoms with van der Waals surface area (Å²) in [6.07, 6.45) is 8.63. The second-order valence-corrected chi connectivity index (χ2v) is 5.11. The Kier molecular flexibility index (Phi) is 4.39. The number of carbonyl (C=O) groups excluding carboxylic acids is 2. The lowest BCUT2D eigenvalue weighted by molar-refractivity contribution is -0.139. The fraction of sp³-hybridized carbons (Fsp3) is 0.714. The number of likely N-dealkylation sites (tertiary alicyclic amines) is 1. The Hall–Kier alpha value is -1.32. The molecule has 0 aromatic rings. The van der Waals surface area contributed by atoms with Crippen LogP contribution in [0, 0.1) is 5.92 Å². The van der Waals surface area contributed by atoms with Crippen molar-refractivity contribution in [2.24, 2.45) is 5.92 Å². The van der Waals surface area contributed by atoms with Gasteiger partial charge in [0.25, 0.3) is 0 Å². The number of hydrogen-bond acceptors (Lipinski definition) is 2. The molecule has 1 N–H and O–H groups in total. The molecule has 1 saturated carbocycles. The van der Waals surface area contributed by atoms with Crippen molar-refractivity contribution in [1.82, 2.24) is 10.2 Å². The van der Waals surface area contributed by atoms with E-state index in [0.717, 1.165) is 38.6 Å². The second-order valence-electron chi connectivity index (χ2n) is 5.11. The molecule has 1 aliphatic heterocycles. The minimum atomic E-state index is -0.219. The minimum Gasteiger partial charge on any atom is -0.354 e. The van der Waals surface area contributed by atoms with Crippen LogP contribution in [0.15, 0.2) is 12.2 Å². The third kappa shape index (κ3) is 3.12. The van der Waals surface area contributed by atoms with Crippen LogP contribution in [0.25, 0.3) is 0 Å². The number of carbonyl (C=O) groups is 2. The van der Waals surface area contributed by atoms with E-state index in [9.17, 15) is 9.59 Å². The summed E-state index contributed by atoms with van der Waals surface area (Å²) in [5.74, 6) is 0.425. The van der Waals surface area contributed by atoms with Gasteiger partial charge in [0.05, 0.1) is 0 Å². The lowest BCUT2D eigenvalue weighted by Gasteiger charge is -2.23. The van der Waals surface area contributed by atoms with Crippen LogP contribution in [-0.4, -0.2) is 35.8 Å². The highest BCUT2D eigenvalue weighted by atomic mass is 16.2. The molecule has 0 bridgehead atoms. The van der Waals surface area contributed by atoms with E-state index in [1.807, 2.05) is 19.1 Å². The molecule has 1 heterocycles. The van der Waals surface area contributed by atoms with Gasteiger partial charge in [0.1, 0.15) is 6.04 Å². The van der Waals surface area contributed by atoms with Crippen LogP contribution in [0.2, 0.25) is 0 Å². The van der Waals surface area contributed by atoms with Gasteiger partial charge < -0.3 is 10.2 Å². The highest BCUT2D eigenvalue weighted by Crippen LogP contribution is 2.33. The van der Waals surface area contributed by atoms with E-state index < -0.39 is 0 Å². The van der Waals surface area contributed by atoms with E-state index in [1.165, 1.54) is 0 Å². The predicted molar refractivity (Wildman–Crippen MR) is 69.9 cm³/mol. The molecule has 100 valence electrons. The Morgan fingerprint density at radius 3 is 2.78 bits per heavy atom. The van der Waals surface area contributed by atoms with Gasteiger partial charge in [-0.25, -0.2) is 0 Å². The summed E-state index contributed by atoms with van der Waals surface area (Å²) in [5.41, 5.74) is 0. The first-order valence-electron chi connectivity index (χ1n) is 6.93. The summed E-state index contributed by atoms with van der Waals surface area (Å²) in [7, 11) is 0. The average Bonchev–Trinajstić information content (AvgIpc) is 3.10. The summed E-state index contributed by atoms with van der Waals surface area (Å²) in [6.45, 7) is 3.38. The van der Waals surface area contributed by atoms with Crippen LogP contribution in [0.1, 0.15) is 39.0 Å². The molecule has 2 rings (SSSR count). The fourth-order valence-electron chi connectivity index (χ4n) is 2.43. The fourth-order valence-corrected chi connectivity index (χ4v) is 2.43. The third-order valence-corrected chi connectivity index (χ3v) is 3.61. The molecule has 1 aliphatic carbocycles. The van der Waals surface area contributed by atoms with Gasteiger partial charge in [-0.05, 0) is 39.0 Å². The maximum Gasteiger partial charge on any atom is 0.242 e. The van der Waals surface area contributed by atoms with Crippen molar-refractivity contribution in [3.05, 3.63) is 12.2 Å². The number of hydrogen-bond donors (Lipinski definition) is 1. The molecule has 1 atom stereocenters. The van der Waals surface area contributed by atoms with Crippen molar-refractivity contribution in [1.29, 1.82) is 0 Å². The van der Waals surface area contributed by atoms with E-state index in [0.29, 0.717) is 6.54 Å². The zero-order valence-corrected chi connectivity index (χ0v) is 11.0. The Morgan fingerprint density at radius 2 is 2.11 bits per heavy atom. The summed E-state index contributed by atoms with van der Waals surface area (Å²) in [6, 6.07) is -0.219. The van der Waals surface area contributed by atoms with Gasteiger partial charge in [0, 0.05) is 19.0 Å². The summed E-state index contributed by atoms with van der Waals surface area (Å²) < 4.78 is 0. The normalized spacial score (nSPS) is 23.6. The maximum absolute atomic E-state index is 12.0. The molecule has 2 aliphatic rings. The molecule has 1 saturated heterocycles. The van der Waals surface area contributed by atoms with Gasteiger partial charge in [-0.1, -0.05) is 12.2 Å². The van der Waals surface area contributed by atoms with Gasteiger partial charge in [-0.15, -0.1) is 0 Å². The molecule has 18 heavy (non-hydrogen) atoms. The third-order valence-electron chi connectivity index (χ3n) is 3.61. The lowest BCUT2D eigenvalue weighted by Crippen LogP contribution is -2.46. The molecular formula is C14H22N2O2. The second kappa shape index (κ2) is 6.03. The van der Waals surface area contributed by atoms with Crippen molar-refractivity contribution in [3.63, 3.8) is 0 Å². The molecule has 1 unspecified atom stereocenters. The zero-order chi connectivity index (χ0) is 13.0. The highest BCUT2D eigenvalue weighted by molar-refractivity contribution is 5.89. The van der Waals surface area contributed by atoms with Gasteiger partial charge in [-0.2, -0.15) is 0 Å². The number of nitrogens with one attached hydrogen (secondary N) is 1. The van der Waals surface area contributed by atoms with Gasteiger partial charge in [0.15, 0.2) is 0 Å². The van der Waals surface area contributed by atoms with Crippen molar-refractivity contribution in [2.75, 3.05) is 13.1 Å². The molecule has 0 radical (unpaired) electrons. The van der Waals surface area contributed by atoms with Crippen LogP contribution in [0.5, 0.6) is 0 Å². The topological polar surface area (TPSA) is 49.4 Å². The van der Waals surface area contributed by atoms with Crippen LogP contribution < -0.4 is 5.32 Å². The highest BCUT2D eigenvalue weighted by Gasteiger charge is 2.40. The maximum atomic E-state index is 12.0. The number of allylic oxidation sites excluding steroid dienone is 1. The van der Waals surface area contributed by atoms with Gasteiger partial charge in [0.2, 0.25) is 11.8 Å². The van der Waals surface area contributed by atoms with Crippen LogP contribution in [0.4, 0.5) is 0 Å². The smallest absolute Gasteiger partial charge is 0.242 e. The van der Waals surface area contributed by atoms with E-state index in [2.05, 4.69) is 5.32 Å². The van der Waals surface area contributed by atoms with Crippen molar-refractivity contribution in [2.45, 2.75) is 45.1 Å². The molecule has 0 aromatic carbocycles. The Morgan fingerprint density at radius 1 is 1.33 bits per heavy atom. The number of nitrogens with zero attached hydrogens (tertiary/aromatic N) is 1. The summed E-state index contributed by atoms with van der Waals surface area (Å²) in [4.78, 5) is 25.9. The first-order valence-corrected chi connectivity index (χ1v) is 6.93.